The molecule has 0 fully saturated rings. The Balaban J connectivity index is 0.837. The molecule has 0 bridgehead atoms. The van der Waals surface area contributed by atoms with Crippen molar-refractivity contribution in [3.63, 3.8) is 0 Å². The molecule has 4 heterocycles. The predicted molar refractivity (Wildman–Crippen MR) is 325 cm³/mol. The van der Waals surface area contributed by atoms with E-state index in [4.69, 9.17) is 29.9 Å². The minimum absolute atomic E-state index is 0.610. The maximum Gasteiger partial charge on any atom is 0.164 e. The SMILES string of the molecule is c1ccc(-c2nc(-c3ccccc3)nc(-c3cccc(-n4c5ccccc5c5c(-c6cccc(-c7cccc8c7c7ccccc7n8-c7cccc(-c8nc(-c9ccccc9)nc(-c9ccccc9)n8)c7)c6)cccc54)c3)n2)cc1. The lowest BCUT2D eigenvalue weighted by Gasteiger charge is -2.13. The van der Waals surface area contributed by atoms with Crippen LogP contribution in [0.1, 0.15) is 0 Å². The summed E-state index contributed by atoms with van der Waals surface area (Å²) in [5, 5.41) is 4.71. The van der Waals surface area contributed by atoms with Gasteiger partial charge in [0.25, 0.3) is 0 Å². The fourth-order valence-corrected chi connectivity index (χ4v) is 11.4. The average molecular weight is 1020 g/mol. The summed E-state index contributed by atoms with van der Waals surface area (Å²) in [4.78, 5) is 30.3. The van der Waals surface area contributed by atoms with Crippen molar-refractivity contribution in [1.82, 2.24) is 39.0 Å². The van der Waals surface area contributed by atoms with E-state index < -0.39 is 0 Å². The number of aromatic nitrogens is 8. The molecule has 374 valence electrons. The molecule has 0 atom stereocenters. The minimum atomic E-state index is 0.610. The van der Waals surface area contributed by atoms with Crippen molar-refractivity contribution in [3.05, 3.63) is 279 Å². The standard InChI is InChI=1S/C72H46N8/c1-5-22-47(23-6-1)67-73-68(48-24-7-2-8-25-48)76-71(75-67)53-32-18-34-55(45-53)79-61-40-15-13-36-59(61)65-57(38-20-42-63(65)79)51-30-17-31-52(44-51)58-39-21-43-64-66(58)60-37-14-16-41-62(60)80(64)56-35-19-33-54(46-56)72-77-69(49-26-9-3-10-27-49)74-70(78-72)50-28-11-4-12-29-50/h1-46H. The molecule has 15 rings (SSSR count). The summed E-state index contributed by atoms with van der Waals surface area (Å²) in [6.45, 7) is 0. The molecule has 0 amide bonds. The topological polar surface area (TPSA) is 87.2 Å². The highest BCUT2D eigenvalue weighted by molar-refractivity contribution is 6.18. The van der Waals surface area contributed by atoms with Crippen LogP contribution in [0.3, 0.4) is 0 Å². The lowest BCUT2D eigenvalue weighted by Crippen LogP contribution is -2.01. The molecule has 15 aromatic rings. The highest BCUT2D eigenvalue weighted by Gasteiger charge is 2.21. The van der Waals surface area contributed by atoms with Crippen molar-refractivity contribution in [2.75, 3.05) is 0 Å². The second-order valence-corrected chi connectivity index (χ2v) is 19.9. The quantitative estimate of drug-likeness (QED) is 0.136. The number of hydrogen-bond acceptors (Lipinski definition) is 6. The third kappa shape index (κ3) is 8.18. The molecule has 0 saturated carbocycles. The van der Waals surface area contributed by atoms with Crippen LogP contribution < -0.4 is 0 Å². The first-order valence-corrected chi connectivity index (χ1v) is 26.8. The van der Waals surface area contributed by atoms with Crippen LogP contribution in [0.2, 0.25) is 0 Å². The first kappa shape index (κ1) is 46.4. The monoisotopic (exact) mass is 1020 g/mol. The first-order valence-electron chi connectivity index (χ1n) is 26.8. The molecular formula is C72H46N8. The molecule has 8 heteroatoms. The minimum Gasteiger partial charge on any atom is -0.309 e. The van der Waals surface area contributed by atoms with E-state index in [9.17, 15) is 0 Å². The lowest BCUT2D eigenvalue weighted by molar-refractivity contribution is 1.07. The van der Waals surface area contributed by atoms with Gasteiger partial charge in [-0.3, -0.25) is 0 Å². The van der Waals surface area contributed by atoms with Gasteiger partial charge in [-0.1, -0.05) is 224 Å². The lowest BCUT2D eigenvalue weighted by atomic mass is 9.94. The Bertz CT molecular complexity index is 4400. The van der Waals surface area contributed by atoms with Gasteiger partial charge in [0.2, 0.25) is 0 Å². The van der Waals surface area contributed by atoms with Crippen molar-refractivity contribution < 1.29 is 0 Å². The van der Waals surface area contributed by atoms with Gasteiger partial charge in [-0.2, -0.15) is 0 Å². The Morgan fingerprint density at radius 2 is 0.475 bits per heavy atom. The molecule has 0 aliphatic rings. The van der Waals surface area contributed by atoms with E-state index in [2.05, 4.69) is 167 Å². The summed E-state index contributed by atoms with van der Waals surface area (Å²) in [5.74, 6) is 3.74. The summed E-state index contributed by atoms with van der Waals surface area (Å²) in [5.41, 5.74) is 16.6. The zero-order chi connectivity index (χ0) is 52.9. The van der Waals surface area contributed by atoms with Gasteiger partial charge >= 0.3 is 0 Å². The van der Waals surface area contributed by atoms with Crippen LogP contribution in [-0.2, 0) is 0 Å². The normalized spacial score (nSPS) is 11.5. The van der Waals surface area contributed by atoms with Crippen LogP contribution in [0.25, 0.3) is 146 Å². The van der Waals surface area contributed by atoms with Crippen molar-refractivity contribution >= 4 is 43.6 Å². The van der Waals surface area contributed by atoms with E-state index in [-0.39, 0.29) is 0 Å². The van der Waals surface area contributed by atoms with E-state index in [0.29, 0.717) is 34.9 Å². The molecule has 0 saturated heterocycles. The third-order valence-corrected chi connectivity index (χ3v) is 15.0. The molecule has 8 nitrogen and oxygen atoms in total. The maximum absolute atomic E-state index is 5.08. The smallest absolute Gasteiger partial charge is 0.164 e. The molecule has 4 aromatic heterocycles. The van der Waals surface area contributed by atoms with E-state index in [1.165, 1.54) is 21.5 Å². The van der Waals surface area contributed by atoms with Crippen LogP contribution in [0, 0.1) is 0 Å². The second-order valence-electron chi connectivity index (χ2n) is 19.9. The number of hydrogen-bond donors (Lipinski definition) is 0. The summed E-state index contributed by atoms with van der Waals surface area (Å²) >= 11 is 0. The van der Waals surface area contributed by atoms with Gasteiger partial charge < -0.3 is 9.13 Å². The van der Waals surface area contributed by atoms with Crippen LogP contribution in [0.5, 0.6) is 0 Å². The van der Waals surface area contributed by atoms with Gasteiger partial charge in [0.15, 0.2) is 34.9 Å². The van der Waals surface area contributed by atoms with Gasteiger partial charge in [-0.05, 0) is 76.9 Å². The molecule has 80 heavy (non-hydrogen) atoms. The molecule has 0 aliphatic carbocycles. The number of nitrogens with zero attached hydrogens (tertiary/aromatic N) is 8. The van der Waals surface area contributed by atoms with Gasteiger partial charge in [0.1, 0.15) is 0 Å². The number of fused-ring (bicyclic) bond motifs is 6. The summed E-state index contributed by atoms with van der Waals surface area (Å²) in [6, 6.07) is 97.3. The van der Waals surface area contributed by atoms with Gasteiger partial charge in [0, 0.05) is 66.3 Å². The van der Waals surface area contributed by atoms with Crippen molar-refractivity contribution in [2.24, 2.45) is 0 Å². The number of benzene rings is 11. The van der Waals surface area contributed by atoms with Crippen molar-refractivity contribution in [1.29, 1.82) is 0 Å². The average Bonchev–Trinajstić information content (AvgIpc) is 4.15. The Morgan fingerprint density at radius 1 is 0.200 bits per heavy atom. The van der Waals surface area contributed by atoms with Crippen LogP contribution in [0.4, 0.5) is 0 Å². The fourth-order valence-electron chi connectivity index (χ4n) is 11.4. The predicted octanol–water partition coefficient (Wildman–Crippen LogP) is 17.6. The molecule has 0 aliphatic heterocycles. The summed E-state index contributed by atoms with van der Waals surface area (Å²) in [7, 11) is 0. The van der Waals surface area contributed by atoms with Crippen LogP contribution in [0.15, 0.2) is 279 Å². The van der Waals surface area contributed by atoms with Crippen LogP contribution >= 0.6 is 0 Å². The number of para-hydroxylation sites is 2. The molecule has 0 unspecified atom stereocenters. The maximum atomic E-state index is 5.08. The zero-order valence-electron chi connectivity index (χ0n) is 43.1. The van der Waals surface area contributed by atoms with E-state index in [0.717, 1.165) is 89.1 Å². The second kappa shape index (κ2) is 19.6. The van der Waals surface area contributed by atoms with Crippen LogP contribution in [-0.4, -0.2) is 39.0 Å². The molecule has 11 aromatic carbocycles. The third-order valence-electron chi connectivity index (χ3n) is 15.0. The van der Waals surface area contributed by atoms with E-state index in [1.54, 1.807) is 0 Å². The van der Waals surface area contributed by atoms with E-state index in [1.807, 2.05) is 121 Å². The van der Waals surface area contributed by atoms with Crippen molar-refractivity contribution in [2.45, 2.75) is 0 Å². The Kier molecular flexibility index (Phi) is 11.3. The molecular weight excluding hydrogens is 977 g/mol. The summed E-state index contributed by atoms with van der Waals surface area (Å²) < 4.78 is 4.74. The Hall–Kier alpha value is -11.0. The molecule has 0 N–H and O–H groups in total. The number of rotatable bonds is 10. The Labute approximate surface area is 461 Å². The highest BCUT2D eigenvalue weighted by Crippen LogP contribution is 2.43. The Morgan fingerprint density at radius 3 is 0.850 bits per heavy atom. The zero-order valence-corrected chi connectivity index (χ0v) is 43.1. The van der Waals surface area contributed by atoms with Gasteiger partial charge in [-0.25, -0.2) is 29.9 Å². The molecule has 0 radical (unpaired) electrons. The largest absolute Gasteiger partial charge is 0.309 e. The summed E-state index contributed by atoms with van der Waals surface area (Å²) in [6.07, 6.45) is 0. The fraction of sp³-hybridized carbons (Fsp3) is 0. The van der Waals surface area contributed by atoms with Gasteiger partial charge in [-0.15, -0.1) is 0 Å². The first-order chi connectivity index (χ1) is 39.7. The molecule has 0 spiro atoms. The van der Waals surface area contributed by atoms with Gasteiger partial charge in [0.05, 0.1) is 22.1 Å². The highest BCUT2D eigenvalue weighted by atomic mass is 15.1. The van der Waals surface area contributed by atoms with Crippen molar-refractivity contribution in [3.8, 4) is 102 Å². The van der Waals surface area contributed by atoms with E-state index >= 15 is 0 Å².